The summed E-state index contributed by atoms with van der Waals surface area (Å²) in [5.74, 6) is 2.49. The van der Waals surface area contributed by atoms with Crippen LogP contribution in [0.15, 0.2) is 192 Å². The molecule has 0 radical (unpaired) electrons. The van der Waals surface area contributed by atoms with E-state index in [4.69, 9.17) is 29.3 Å². The molecule has 0 aliphatic rings. The van der Waals surface area contributed by atoms with Gasteiger partial charge in [0.25, 0.3) is 0 Å². The number of fused-ring (bicyclic) bond motifs is 9. The summed E-state index contributed by atoms with van der Waals surface area (Å²) in [5.41, 5.74) is 9.94. The highest BCUT2D eigenvalue weighted by atomic mass is 32.1. The molecule has 0 aliphatic heterocycles. The summed E-state index contributed by atoms with van der Waals surface area (Å²) in [7, 11) is 0. The number of furan rings is 1. The van der Waals surface area contributed by atoms with Crippen molar-refractivity contribution in [2.45, 2.75) is 0 Å². The smallest absolute Gasteiger partial charge is 0.180 e. The first-order chi connectivity index (χ1) is 31.2. The van der Waals surface area contributed by atoms with Crippen LogP contribution < -0.4 is 0 Å². The fourth-order valence-corrected chi connectivity index (χ4v) is 11.2. The predicted octanol–water partition coefficient (Wildman–Crippen LogP) is 15.3. The predicted molar refractivity (Wildman–Crippen MR) is 261 cm³/mol. The Labute approximate surface area is 368 Å². The second-order valence-corrected chi connectivity index (χ2v) is 17.7. The van der Waals surface area contributed by atoms with Gasteiger partial charge in [-0.1, -0.05) is 146 Å². The Morgan fingerprint density at radius 1 is 0.349 bits per heavy atom. The van der Waals surface area contributed by atoms with Crippen LogP contribution >= 0.6 is 22.7 Å². The van der Waals surface area contributed by atoms with Gasteiger partial charge >= 0.3 is 0 Å². The Kier molecular flexibility index (Phi) is 8.15. The molecule has 0 N–H and O–H groups in total. The Morgan fingerprint density at radius 2 is 0.952 bits per heavy atom. The number of benzene rings is 8. The molecule has 0 aliphatic carbocycles. The molecule has 0 fully saturated rings. The highest BCUT2D eigenvalue weighted by Crippen LogP contribution is 2.44. The Hall–Kier alpha value is -7.91. The van der Waals surface area contributed by atoms with Crippen LogP contribution in [-0.4, -0.2) is 24.9 Å². The van der Waals surface area contributed by atoms with Gasteiger partial charge in [0.05, 0.1) is 0 Å². The number of hydrogen-bond acceptors (Lipinski definition) is 8. The summed E-state index contributed by atoms with van der Waals surface area (Å²) in [6.45, 7) is 0. The molecule has 5 heterocycles. The molecule has 6 nitrogen and oxygen atoms in total. The molecule has 13 aromatic rings. The lowest BCUT2D eigenvalue weighted by molar-refractivity contribution is 0.667. The molecule has 0 saturated carbocycles. The third-order valence-electron chi connectivity index (χ3n) is 11.8. The molecule has 0 atom stereocenters. The summed E-state index contributed by atoms with van der Waals surface area (Å²) < 4.78 is 11.4. The van der Waals surface area contributed by atoms with Gasteiger partial charge in [-0.25, -0.2) is 24.9 Å². The zero-order chi connectivity index (χ0) is 41.4. The topological polar surface area (TPSA) is 77.6 Å². The number of para-hydroxylation sites is 1. The molecular formula is C55H31N5OS2. The van der Waals surface area contributed by atoms with Crippen LogP contribution in [0.3, 0.4) is 0 Å². The van der Waals surface area contributed by atoms with Crippen molar-refractivity contribution in [1.82, 2.24) is 24.9 Å². The fraction of sp³-hybridized carbons (Fsp3) is 0. The SMILES string of the molecule is c1ccc(-c2nc(-c3cccc(-c4cccc5c4sc4ccccc45)c3)nc(-c3cccc4sc5ccc(-c6nc(-c7ccccc7)nc7c6oc6ccccc67)cc5c34)n2)cc1. The van der Waals surface area contributed by atoms with E-state index in [1.807, 2.05) is 78.1 Å². The average Bonchev–Trinajstić information content (AvgIpc) is 4.05. The third-order valence-corrected chi connectivity index (χ3v) is 14.1. The second-order valence-electron chi connectivity index (χ2n) is 15.6. The zero-order valence-electron chi connectivity index (χ0n) is 33.4. The average molecular weight is 842 g/mol. The molecule has 0 amide bonds. The van der Waals surface area contributed by atoms with Gasteiger partial charge in [-0.2, -0.15) is 0 Å². The van der Waals surface area contributed by atoms with Crippen molar-refractivity contribution in [2.24, 2.45) is 0 Å². The maximum atomic E-state index is 6.54. The van der Waals surface area contributed by atoms with E-state index in [1.165, 1.54) is 25.7 Å². The normalized spacial score (nSPS) is 11.8. The summed E-state index contributed by atoms with van der Waals surface area (Å²) in [4.78, 5) is 25.9. The first kappa shape index (κ1) is 35.8. The lowest BCUT2D eigenvalue weighted by Gasteiger charge is -2.11. The first-order valence-corrected chi connectivity index (χ1v) is 22.4. The number of rotatable bonds is 6. The third kappa shape index (κ3) is 5.95. The van der Waals surface area contributed by atoms with Crippen molar-refractivity contribution in [3.05, 3.63) is 188 Å². The van der Waals surface area contributed by atoms with Gasteiger partial charge in [-0.05, 0) is 53.6 Å². The van der Waals surface area contributed by atoms with Crippen LogP contribution in [0, 0.1) is 0 Å². The molecule has 63 heavy (non-hydrogen) atoms. The first-order valence-electron chi connectivity index (χ1n) is 20.7. The summed E-state index contributed by atoms with van der Waals surface area (Å²) in [5, 5.41) is 5.68. The zero-order valence-corrected chi connectivity index (χ0v) is 35.0. The standard InChI is InChI=1S/C55H31N5OS2/c1-3-14-32(15-4-1)52-56-48(50-49(57-52)40-21-7-9-25-43(40)61-50)35-28-29-45-42(31-35)47-41(24-13-27-46(47)62-45)55-59-53(33-16-5-2-6-17-33)58-54(60-55)36-19-11-18-34(30-36)37-22-12-23-39-38-20-8-10-26-44(38)63-51(37)39/h1-31H. The van der Waals surface area contributed by atoms with Crippen LogP contribution in [0.1, 0.15) is 0 Å². The van der Waals surface area contributed by atoms with E-state index >= 15 is 0 Å². The van der Waals surface area contributed by atoms with E-state index in [0.717, 1.165) is 75.7 Å². The van der Waals surface area contributed by atoms with Crippen LogP contribution in [0.5, 0.6) is 0 Å². The van der Waals surface area contributed by atoms with Gasteiger partial charge in [0, 0.05) is 73.5 Å². The van der Waals surface area contributed by atoms with Gasteiger partial charge in [0.2, 0.25) is 0 Å². The maximum absolute atomic E-state index is 6.54. The molecule has 8 heteroatoms. The van der Waals surface area contributed by atoms with Crippen molar-refractivity contribution in [2.75, 3.05) is 0 Å². The Morgan fingerprint density at radius 3 is 1.79 bits per heavy atom. The number of nitrogens with zero attached hydrogens (tertiary/aromatic N) is 5. The number of thiophene rings is 2. The molecular weight excluding hydrogens is 811 g/mol. The van der Waals surface area contributed by atoms with Gasteiger partial charge in [-0.15, -0.1) is 22.7 Å². The minimum absolute atomic E-state index is 0.611. The van der Waals surface area contributed by atoms with Gasteiger partial charge in [0.1, 0.15) is 16.8 Å². The van der Waals surface area contributed by atoms with E-state index < -0.39 is 0 Å². The number of aromatic nitrogens is 5. The molecule has 294 valence electrons. The lowest BCUT2D eigenvalue weighted by atomic mass is 10.0. The molecule has 8 aromatic carbocycles. The van der Waals surface area contributed by atoms with E-state index in [2.05, 4.69) is 121 Å². The van der Waals surface area contributed by atoms with Gasteiger partial charge in [-0.3, -0.25) is 0 Å². The Bertz CT molecular complexity index is 3930. The molecule has 0 unspecified atom stereocenters. The monoisotopic (exact) mass is 841 g/mol. The second kappa shape index (κ2) is 14.3. The van der Waals surface area contributed by atoms with Crippen molar-refractivity contribution in [3.8, 4) is 67.9 Å². The van der Waals surface area contributed by atoms with E-state index in [1.54, 1.807) is 11.3 Å². The number of hydrogen-bond donors (Lipinski definition) is 0. The van der Waals surface area contributed by atoms with Crippen molar-refractivity contribution < 1.29 is 4.42 Å². The lowest BCUT2D eigenvalue weighted by Crippen LogP contribution is -2.00. The maximum Gasteiger partial charge on any atom is 0.180 e. The van der Waals surface area contributed by atoms with E-state index in [0.29, 0.717) is 28.9 Å². The van der Waals surface area contributed by atoms with Crippen LogP contribution in [0.25, 0.3) is 130 Å². The van der Waals surface area contributed by atoms with Crippen LogP contribution in [-0.2, 0) is 0 Å². The minimum Gasteiger partial charge on any atom is -0.452 e. The van der Waals surface area contributed by atoms with Crippen LogP contribution in [0.4, 0.5) is 0 Å². The van der Waals surface area contributed by atoms with Gasteiger partial charge in [0.15, 0.2) is 28.9 Å². The molecule has 0 saturated heterocycles. The minimum atomic E-state index is 0.611. The highest BCUT2D eigenvalue weighted by Gasteiger charge is 2.22. The van der Waals surface area contributed by atoms with E-state index in [-0.39, 0.29) is 0 Å². The van der Waals surface area contributed by atoms with Gasteiger partial charge < -0.3 is 4.42 Å². The van der Waals surface area contributed by atoms with Crippen molar-refractivity contribution in [3.63, 3.8) is 0 Å². The molecule has 5 aromatic heterocycles. The van der Waals surface area contributed by atoms with Crippen molar-refractivity contribution >= 4 is 85.1 Å². The van der Waals surface area contributed by atoms with Crippen molar-refractivity contribution in [1.29, 1.82) is 0 Å². The fourth-order valence-electron chi connectivity index (χ4n) is 8.81. The van der Waals surface area contributed by atoms with Crippen LogP contribution in [0.2, 0.25) is 0 Å². The molecule has 0 spiro atoms. The quantitative estimate of drug-likeness (QED) is 0.166. The summed E-state index contributed by atoms with van der Waals surface area (Å²) in [6, 6.07) is 65.1. The molecule has 13 rings (SSSR count). The summed E-state index contributed by atoms with van der Waals surface area (Å²) in [6.07, 6.45) is 0. The highest BCUT2D eigenvalue weighted by molar-refractivity contribution is 7.26. The molecule has 0 bridgehead atoms. The Balaban J connectivity index is 0.999. The van der Waals surface area contributed by atoms with E-state index in [9.17, 15) is 0 Å². The summed E-state index contributed by atoms with van der Waals surface area (Å²) >= 11 is 3.59. The largest absolute Gasteiger partial charge is 0.452 e.